The Kier molecular flexibility index (Phi) is 6.73. The van der Waals surface area contributed by atoms with Gasteiger partial charge < -0.3 is 4.57 Å². The summed E-state index contributed by atoms with van der Waals surface area (Å²) < 4.78 is 5.13. The summed E-state index contributed by atoms with van der Waals surface area (Å²) in [6, 6.07) is 52.7. The molecule has 1 nitrogen and oxygen atoms in total. The van der Waals surface area contributed by atoms with E-state index in [1.54, 1.807) is 0 Å². The van der Waals surface area contributed by atoms with Crippen LogP contribution in [0.2, 0.25) is 0 Å². The van der Waals surface area contributed by atoms with E-state index < -0.39 is 0 Å². The molecule has 0 unspecified atom stereocenters. The standard InChI is InChI=1S/C36H25NS.C7H8/c1-22-16-17-31-36(35(22)28-21-34-29(18-23(28)2)27-14-8-9-15-33(27)38-34)30-19-24-10-6-7-11-25(24)20-32(30)37(31)26-12-4-3-5-13-26;1-7-5-3-2-4-6-7/h3-21H,1-2H3;2-6H,1H3. The van der Waals surface area contributed by atoms with Crippen molar-refractivity contribution in [2.75, 3.05) is 0 Å². The van der Waals surface area contributed by atoms with Crippen LogP contribution in [0.5, 0.6) is 0 Å². The molecule has 0 aliphatic carbocycles. The van der Waals surface area contributed by atoms with E-state index in [-0.39, 0.29) is 0 Å². The highest BCUT2D eigenvalue weighted by molar-refractivity contribution is 7.25. The molecule has 0 fully saturated rings. The van der Waals surface area contributed by atoms with Crippen molar-refractivity contribution >= 4 is 64.1 Å². The zero-order valence-electron chi connectivity index (χ0n) is 25.7. The minimum absolute atomic E-state index is 1.19. The molecule has 216 valence electrons. The lowest BCUT2D eigenvalue weighted by molar-refractivity contribution is 1.18. The molecule has 2 heterocycles. The van der Waals surface area contributed by atoms with Gasteiger partial charge in [-0.1, -0.05) is 103 Å². The summed E-state index contributed by atoms with van der Waals surface area (Å²) in [6.07, 6.45) is 0. The minimum Gasteiger partial charge on any atom is -0.309 e. The summed E-state index contributed by atoms with van der Waals surface area (Å²) in [7, 11) is 0. The number of nitrogens with zero attached hydrogens (tertiary/aromatic N) is 1. The Morgan fingerprint density at radius 3 is 1.87 bits per heavy atom. The Labute approximate surface area is 267 Å². The zero-order chi connectivity index (χ0) is 30.5. The summed E-state index contributed by atoms with van der Waals surface area (Å²) in [5.41, 5.74) is 10.3. The van der Waals surface area contributed by atoms with Crippen molar-refractivity contribution in [3.05, 3.63) is 162 Å². The van der Waals surface area contributed by atoms with Crippen LogP contribution in [0.25, 0.3) is 69.6 Å². The Hall–Kier alpha value is -5.18. The summed E-state index contributed by atoms with van der Waals surface area (Å²) in [4.78, 5) is 0. The van der Waals surface area contributed by atoms with Crippen LogP contribution in [0.4, 0.5) is 0 Å². The molecule has 0 bridgehead atoms. The molecular weight excluding hydrogens is 563 g/mol. The number of rotatable bonds is 2. The molecular formula is C43H33NS. The van der Waals surface area contributed by atoms with Gasteiger partial charge in [-0.3, -0.25) is 0 Å². The van der Waals surface area contributed by atoms with Gasteiger partial charge in [0.05, 0.1) is 11.0 Å². The van der Waals surface area contributed by atoms with Crippen LogP contribution in [-0.2, 0) is 0 Å². The van der Waals surface area contributed by atoms with Crippen LogP contribution in [0, 0.1) is 20.8 Å². The molecule has 0 aliphatic heterocycles. The van der Waals surface area contributed by atoms with Crippen molar-refractivity contribution < 1.29 is 0 Å². The molecule has 0 aliphatic rings. The fourth-order valence-electron chi connectivity index (χ4n) is 6.78. The maximum atomic E-state index is 2.44. The number of para-hydroxylation sites is 1. The second-order valence-corrected chi connectivity index (χ2v) is 13.0. The van der Waals surface area contributed by atoms with Gasteiger partial charge in [-0.15, -0.1) is 11.3 Å². The van der Waals surface area contributed by atoms with Gasteiger partial charge in [0.2, 0.25) is 0 Å². The van der Waals surface area contributed by atoms with Crippen molar-refractivity contribution in [2.24, 2.45) is 0 Å². The summed E-state index contributed by atoms with van der Waals surface area (Å²) in [5, 5.41) is 7.88. The second-order valence-electron chi connectivity index (χ2n) is 12.0. The summed E-state index contributed by atoms with van der Waals surface area (Å²) in [6.45, 7) is 6.61. The Bertz CT molecular complexity index is 2500. The molecule has 0 saturated carbocycles. The number of thiophene rings is 1. The van der Waals surface area contributed by atoms with Crippen molar-refractivity contribution in [2.45, 2.75) is 20.8 Å². The van der Waals surface area contributed by atoms with Gasteiger partial charge in [0.1, 0.15) is 0 Å². The van der Waals surface area contributed by atoms with Gasteiger partial charge in [-0.25, -0.2) is 0 Å². The second kappa shape index (κ2) is 11.1. The fraction of sp³-hybridized carbons (Fsp3) is 0.0698. The van der Waals surface area contributed by atoms with Crippen LogP contribution >= 0.6 is 11.3 Å². The molecule has 0 spiro atoms. The molecule has 0 radical (unpaired) electrons. The number of hydrogen-bond donors (Lipinski definition) is 0. The number of aryl methyl sites for hydroxylation is 3. The normalized spacial score (nSPS) is 11.4. The number of benzene rings is 7. The number of aromatic nitrogens is 1. The molecule has 0 amide bonds. The molecule has 45 heavy (non-hydrogen) atoms. The maximum absolute atomic E-state index is 2.44. The molecule has 7 aromatic carbocycles. The van der Waals surface area contributed by atoms with Gasteiger partial charge in [0.25, 0.3) is 0 Å². The van der Waals surface area contributed by atoms with Crippen LogP contribution < -0.4 is 0 Å². The maximum Gasteiger partial charge on any atom is 0.0547 e. The largest absolute Gasteiger partial charge is 0.309 e. The molecule has 9 aromatic rings. The number of hydrogen-bond acceptors (Lipinski definition) is 1. The minimum atomic E-state index is 1.19. The van der Waals surface area contributed by atoms with Crippen LogP contribution in [0.3, 0.4) is 0 Å². The third kappa shape index (κ3) is 4.70. The quantitative estimate of drug-likeness (QED) is 0.187. The van der Waals surface area contributed by atoms with Crippen LogP contribution in [-0.4, -0.2) is 4.57 Å². The van der Waals surface area contributed by atoms with E-state index in [4.69, 9.17) is 0 Å². The van der Waals surface area contributed by atoms with Gasteiger partial charge in [-0.05, 0) is 102 Å². The first kappa shape index (κ1) is 27.4. The van der Waals surface area contributed by atoms with E-state index in [1.807, 2.05) is 29.5 Å². The van der Waals surface area contributed by atoms with Crippen LogP contribution in [0.15, 0.2) is 146 Å². The lowest BCUT2D eigenvalue weighted by Crippen LogP contribution is -1.94. The molecule has 0 saturated heterocycles. The third-order valence-corrected chi connectivity index (χ3v) is 10.1. The van der Waals surface area contributed by atoms with E-state index in [0.717, 1.165) is 0 Å². The van der Waals surface area contributed by atoms with Crippen molar-refractivity contribution in [1.29, 1.82) is 0 Å². The first-order chi connectivity index (χ1) is 22.1. The predicted octanol–water partition coefficient (Wildman–Crippen LogP) is 12.6. The SMILES string of the molecule is Cc1cc2c(cc1-c1c(C)ccc3c1c1cc4ccccc4cc1n3-c1ccccc1)sc1ccccc12.Cc1ccccc1. The van der Waals surface area contributed by atoms with Crippen molar-refractivity contribution in [3.63, 3.8) is 0 Å². The average molecular weight is 596 g/mol. The van der Waals surface area contributed by atoms with E-state index in [1.165, 1.54) is 86.3 Å². The first-order valence-electron chi connectivity index (χ1n) is 15.5. The fourth-order valence-corrected chi connectivity index (χ4v) is 7.91. The molecule has 9 rings (SSSR count). The predicted molar refractivity (Wildman–Crippen MR) is 197 cm³/mol. The highest BCUT2D eigenvalue weighted by Gasteiger charge is 2.20. The van der Waals surface area contributed by atoms with E-state index in [2.05, 4.69) is 153 Å². The van der Waals surface area contributed by atoms with Gasteiger partial charge in [0, 0.05) is 36.6 Å². The van der Waals surface area contributed by atoms with Gasteiger partial charge in [0.15, 0.2) is 0 Å². The lowest BCUT2D eigenvalue weighted by atomic mass is 9.91. The van der Waals surface area contributed by atoms with E-state index >= 15 is 0 Å². The molecule has 0 atom stereocenters. The van der Waals surface area contributed by atoms with Crippen LogP contribution in [0.1, 0.15) is 16.7 Å². The van der Waals surface area contributed by atoms with Crippen molar-refractivity contribution in [3.8, 4) is 16.8 Å². The summed E-state index contributed by atoms with van der Waals surface area (Å²) >= 11 is 1.89. The first-order valence-corrected chi connectivity index (χ1v) is 16.3. The monoisotopic (exact) mass is 595 g/mol. The summed E-state index contributed by atoms with van der Waals surface area (Å²) in [5.74, 6) is 0. The van der Waals surface area contributed by atoms with E-state index in [0.29, 0.717) is 0 Å². The van der Waals surface area contributed by atoms with Gasteiger partial charge >= 0.3 is 0 Å². The Balaban J connectivity index is 0.000000382. The smallest absolute Gasteiger partial charge is 0.0547 e. The van der Waals surface area contributed by atoms with E-state index in [9.17, 15) is 0 Å². The average Bonchev–Trinajstić information content (AvgIpc) is 3.59. The topological polar surface area (TPSA) is 4.93 Å². The van der Waals surface area contributed by atoms with Gasteiger partial charge in [-0.2, -0.15) is 0 Å². The zero-order valence-corrected chi connectivity index (χ0v) is 26.5. The Morgan fingerprint density at radius 1 is 0.467 bits per heavy atom. The Morgan fingerprint density at radius 2 is 1.13 bits per heavy atom. The molecule has 0 N–H and O–H groups in total. The lowest BCUT2D eigenvalue weighted by Gasteiger charge is -2.13. The highest BCUT2D eigenvalue weighted by Crippen LogP contribution is 2.45. The number of fused-ring (bicyclic) bond motifs is 7. The highest BCUT2D eigenvalue weighted by atomic mass is 32.1. The third-order valence-electron chi connectivity index (χ3n) is 8.95. The molecule has 2 aromatic heterocycles. The molecule has 2 heteroatoms. The van der Waals surface area contributed by atoms with Crippen molar-refractivity contribution in [1.82, 2.24) is 4.57 Å².